The first kappa shape index (κ1) is 21.7. The van der Waals surface area contributed by atoms with Gasteiger partial charge in [0.25, 0.3) is 0 Å². The third-order valence-electron chi connectivity index (χ3n) is 5.29. The third-order valence-corrected chi connectivity index (χ3v) is 6.20. The minimum absolute atomic E-state index is 0.131. The van der Waals surface area contributed by atoms with E-state index in [-0.39, 0.29) is 17.6 Å². The van der Waals surface area contributed by atoms with Crippen molar-refractivity contribution in [1.29, 1.82) is 0 Å². The summed E-state index contributed by atoms with van der Waals surface area (Å²) in [6, 6.07) is 27.2. The first-order valence-electron chi connectivity index (χ1n) is 10.7. The number of amidine groups is 1. The van der Waals surface area contributed by atoms with E-state index in [4.69, 9.17) is 9.98 Å². The van der Waals surface area contributed by atoms with Crippen molar-refractivity contribution in [2.24, 2.45) is 9.98 Å². The molecule has 0 unspecified atom stereocenters. The molecule has 0 bridgehead atoms. The molecular weight excluding hydrogens is 446 g/mol. The van der Waals surface area contributed by atoms with E-state index >= 15 is 0 Å². The van der Waals surface area contributed by atoms with E-state index in [1.54, 1.807) is 4.68 Å². The standard InChI is InChI=1S/C25H21N7OS/c1-17-23(18-10-4-2-5-11-18)24(27-21-15-9-8-14-20(21)26-17)28-22(33)16-34-25-29-30-31-32(25)19-12-6-3-7-13-19/h2-15,23H,16H2,1H3,(H,27,28,33)/t23-/m1/s1. The fourth-order valence-corrected chi connectivity index (χ4v) is 4.44. The molecule has 5 rings (SSSR count). The van der Waals surface area contributed by atoms with E-state index in [1.165, 1.54) is 11.8 Å². The van der Waals surface area contributed by atoms with E-state index in [1.807, 2.05) is 91.9 Å². The Morgan fingerprint density at radius 2 is 1.56 bits per heavy atom. The molecule has 1 amide bonds. The van der Waals surface area contributed by atoms with Crippen LogP contribution in [0.2, 0.25) is 0 Å². The molecule has 168 valence electrons. The van der Waals surface area contributed by atoms with Crippen LogP contribution in [0.3, 0.4) is 0 Å². The fraction of sp³-hybridized carbons (Fsp3) is 0.120. The maximum atomic E-state index is 13.0. The topological polar surface area (TPSA) is 97.4 Å². The van der Waals surface area contributed by atoms with E-state index in [0.29, 0.717) is 11.0 Å². The molecule has 1 aliphatic rings. The van der Waals surface area contributed by atoms with Crippen LogP contribution in [-0.2, 0) is 4.79 Å². The Morgan fingerprint density at radius 1 is 0.912 bits per heavy atom. The largest absolute Gasteiger partial charge is 0.313 e. The summed E-state index contributed by atoms with van der Waals surface area (Å²) >= 11 is 1.26. The number of nitrogens with zero attached hydrogens (tertiary/aromatic N) is 6. The highest BCUT2D eigenvalue weighted by Crippen LogP contribution is 2.34. The number of hydrogen-bond donors (Lipinski definition) is 1. The molecule has 0 spiro atoms. The van der Waals surface area contributed by atoms with Gasteiger partial charge in [-0.3, -0.25) is 9.79 Å². The summed E-state index contributed by atoms with van der Waals surface area (Å²) in [6.07, 6.45) is 0. The summed E-state index contributed by atoms with van der Waals surface area (Å²) in [5.74, 6) is 0.216. The van der Waals surface area contributed by atoms with Gasteiger partial charge in [0.05, 0.1) is 28.7 Å². The van der Waals surface area contributed by atoms with Crippen LogP contribution in [0, 0.1) is 0 Å². The summed E-state index contributed by atoms with van der Waals surface area (Å²) in [6.45, 7) is 1.96. The molecule has 1 aromatic heterocycles. The Morgan fingerprint density at radius 3 is 2.29 bits per heavy atom. The lowest BCUT2D eigenvalue weighted by Gasteiger charge is -2.19. The van der Waals surface area contributed by atoms with Gasteiger partial charge in [0, 0.05) is 5.71 Å². The molecule has 3 aromatic carbocycles. The normalized spacial score (nSPS) is 15.0. The molecular formula is C25H21N7OS. The van der Waals surface area contributed by atoms with Crippen LogP contribution in [0.25, 0.3) is 5.69 Å². The molecule has 8 nitrogen and oxygen atoms in total. The molecule has 0 saturated heterocycles. The number of amides is 1. The zero-order valence-electron chi connectivity index (χ0n) is 18.4. The Hall–Kier alpha value is -4.11. The smallest absolute Gasteiger partial charge is 0.235 e. The van der Waals surface area contributed by atoms with Crippen molar-refractivity contribution in [2.75, 3.05) is 5.75 Å². The van der Waals surface area contributed by atoms with Gasteiger partial charge in [-0.15, -0.1) is 5.10 Å². The molecule has 34 heavy (non-hydrogen) atoms. The molecule has 1 aliphatic heterocycles. The van der Waals surface area contributed by atoms with Gasteiger partial charge in [-0.2, -0.15) is 4.68 Å². The van der Waals surface area contributed by atoms with Gasteiger partial charge in [-0.1, -0.05) is 72.4 Å². The highest BCUT2D eigenvalue weighted by molar-refractivity contribution is 7.99. The lowest BCUT2D eigenvalue weighted by atomic mass is 9.93. The Labute approximate surface area is 200 Å². The monoisotopic (exact) mass is 467 g/mol. The molecule has 0 fully saturated rings. The van der Waals surface area contributed by atoms with Crippen molar-refractivity contribution in [3.8, 4) is 5.69 Å². The van der Waals surface area contributed by atoms with E-state index < -0.39 is 0 Å². The van der Waals surface area contributed by atoms with E-state index in [9.17, 15) is 4.79 Å². The van der Waals surface area contributed by atoms with Gasteiger partial charge in [0.2, 0.25) is 11.1 Å². The second kappa shape index (κ2) is 9.80. The number of carbonyl (C=O) groups excluding carboxylic acids is 1. The number of aliphatic imine (C=N–C) groups is 2. The SMILES string of the molecule is CC1=Nc2ccccc2N=C(NC(=O)CSc2nnnn2-c2ccccc2)[C@H]1c1ccccc1. The Kier molecular flexibility index (Phi) is 6.26. The minimum atomic E-state index is -0.266. The van der Waals surface area contributed by atoms with Crippen LogP contribution in [0.1, 0.15) is 18.4 Å². The maximum absolute atomic E-state index is 13.0. The molecule has 1 atom stereocenters. The predicted molar refractivity (Wildman–Crippen MR) is 134 cm³/mol. The molecule has 2 heterocycles. The third kappa shape index (κ3) is 4.65. The summed E-state index contributed by atoms with van der Waals surface area (Å²) < 4.78 is 1.61. The van der Waals surface area contributed by atoms with Gasteiger partial charge in [0.15, 0.2) is 0 Å². The second-order valence-corrected chi connectivity index (χ2v) is 8.57. The van der Waals surface area contributed by atoms with Crippen molar-refractivity contribution in [1.82, 2.24) is 25.5 Å². The number of benzene rings is 3. The Balaban J connectivity index is 1.39. The van der Waals surface area contributed by atoms with Crippen LogP contribution in [0.5, 0.6) is 0 Å². The average Bonchev–Trinajstić information content (AvgIpc) is 3.28. The minimum Gasteiger partial charge on any atom is -0.313 e. The van der Waals surface area contributed by atoms with Crippen molar-refractivity contribution < 1.29 is 4.79 Å². The van der Waals surface area contributed by atoms with Crippen molar-refractivity contribution in [2.45, 2.75) is 18.0 Å². The van der Waals surface area contributed by atoms with Crippen LogP contribution in [0.15, 0.2) is 100 Å². The summed E-state index contributed by atoms with van der Waals surface area (Å²) in [5.41, 5.74) is 4.20. The number of aromatic nitrogens is 4. The van der Waals surface area contributed by atoms with Gasteiger partial charge < -0.3 is 5.32 Å². The highest BCUT2D eigenvalue weighted by atomic mass is 32.2. The van der Waals surface area contributed by atoms with Crippen molar-refractivity contribution >= 4 is 40.6 Å². The molecule has 0 saturated carbocycles. The first-order valence-corrected chi connectivity index (χ1v) is 11.7. The number of thioether (sulfide) groups is 1. The predicted octanol–water partition coefficient (Wildman–Crippen LogP) is 4.49. The van der Waals surface area contributed by atoms with Gasteiger partial charge in [-0.25, -0.2) is 4.99 Å². The van der Waals surface area contributed by atoms with Crippen LogP contribution < -0.4 is 5.32 Å². The fourth-order valence-electron chi connectivity index (χ4n) is 3.75. The molecule has 0 radical (unpaired) electrons. The zero-order valence-corrected chi connectivity index (χ0v) is 19.2. The number of nitrogens with one attached hydrogen (secondary N) is 1. The maximum Gasteiger partial charge on any atom is 0.235 e. The number of tetrazole rings is 1. The van der Waals surface area contributed by atoms with Crippen LogP contribution >= 0.6 is 11.8 Å². The van der Waals surface area contributed by atoms with Crippen molar-refractivity contribution in [3.05, 3.63) is 90.5 Å². The molecule has 1 N–H and O–H groups in total. The molecule has 0 aliphatic carbocycles. The van der Waals surface area contributed by atoms with Gasteiger partial charge in [-0.05, 0) is 47.2 Å². The summed E-state index contributed by atoms with van der Waals surface area (Å²) in [4.78, 5) is 22.6. The van der Waals surface area contributed by atoms with Gasteiger partial charge >= 0.3 is 0 Å². The highest BCUT2D eigenvalue weighted by Gasteiger charge is 2.26. The second-order valence-electron chi connectivity index (χ2n) is 7.63. The van der Waals surface area contributed by atoms with E-state index in [2.05, 4.69) is 20.8 Å². The molecule has 4 aromatic rings. The van der Waals surface area contributed by atoms with Crippen molar-refractivity contribution in [3.63, 3.8) is 0 Å². The number of hydrogen-bond acceptors (Lipinski definition) is 7. The van der Waals surface area contributed by atoms with E-state index in [0.717, 1.165) is 28.3 Å². The number of carbonyl (C=O) groups is 1. The lowest BCUT2D eigenvalue weighted by molar-refractivity contribution is -0.117. The number of para-hydroxylation sites is 3. The number of rotatable bonds is 5. The average molecular weight is 468 g/mol. The Bertz CT molecular complexity index is 1370. The first-order chi connectivity index (χ1) is 16.7. The number of fused-ring (bicyclic) bond motifs is 1. The van der Waals surface area contributed by atoms with Gasteiger partial charge in [0.1, 0.15) is 5.84 Å². The summed E-state index contributed by atoms with van der Waals surface area (Å²) in [5, 5.41) is 15.4. The molecule has 9 heteroatoms. The van der Waals surface area contributed by atoms with Crippen LogP contribution in [0.4, 0.5) is 11.4 Å². The van der Waals surface area contributed by atoms with Crippen LogP contribution in [-0.4, -0.2) is 43.4 Å². The zero-order chi connectivity index (χ0) is 23.3. The lowest BCUT2D eigenvalue weighted by Crippen LogP contribution is -2.38. The quantitative estimate of drug-likeness (QED) is 0.436. The summed E-state index contributed by atoms with van der Waals surface area (Å²) in [7, 11) is 0.